The zero-order valence-electron chi connectivity index (χ0n) is 9.01. The molecule has 15 heavy (non-hydrogen) atoms. The lowest BCUT2D eigenvalue weighted by Gasteiger charge is -2.05. The van der Waals surface area contributed by atoms with Gasteiger partial charge in [0.05, 0.1) is 5.56 Å². The summed E-state index contributed by atoms with van der Waals surface area (Å²) in [4.78, 5) is 15.6. The highest BCUT2D eigenvalue weighted by Gasteiger charge is 2.10. The fourth-order valence-electron chi connectivity index (χ4n) is 1.17. The number of pyridine rings is 1. The summed E-state index contributed by atoms with van der Waals surface area (Å²) in [7, 11) is 0. The summed E-state index contributed by atoms with van der Waals surface area (Å²) < 4.78 is 0. The van der Waals surface area contributed by atoms with Gasteiger partial charge in [-0.3, -0.25) is 4.79 Å². The molecule has 0 aromatic carbocycles. The van der Waals surface area contributed by atoms with E-state index in [0.29, 0.717) is 12.1 Å². The van der Waals surface area contributed by atoms with Crippen LogP contribution in [0.15, 0.2) is 12.1 Å². The number of nitrogens with zero attached hydrogens (tertiary/aromatic N) is 1. The van der Waals surface area contributed by atoms with E-state index in [1.54, 1.807) is 12.1 Å². The van der Waals surface area contributed by atoms with Gasteiger partial charge in [-0.05, 0) is 25.5 Å². The second-order valence-corrected chi connectivity index (χ2v) is 3.76. The van der Waals surface area contributed by atoms with Gasteiger partial charge in [0.25, 0.3) is 5.91 Å². The maximum Gasteiger partial charge on any atom is 0.254 e. The molecule has 0 aliphatic carbocycles. The van der Waals surface area contributed by atoms with E-state index in [1.165, 1.54) is 0 Å². The van der Waals surface area contributed by atoms with Crippen LogP contribution < -0.4 is 5.32 Å². The first-order chi connectivity index (χ1) is 7.15. The number of nitrogens with one attached hydrogen (secondary N) is 1. The number of unbranched alkanes of at least 4 members (excludes halogenated alkanes) is 1. The molecule has 0 unspecified atom stereocenters. The van der Waals surface area contributed by atoms with Crippen LogP contribution in [0.3, 0.4) is 0 Å². The standard InChI is InChI=1S/C11H15ClN2O/c1-3-4-7-13-11(15)9-6-5-8(2)14-10(9)12/h5-6H,3-4,7H2,1-2H3,(H,13,15). The Morgan fingerprint density at radius 1 is 1.53 bits per heavy atom. The highest BCUT2D eigenvalue weighted by Crippen LogP contribution is 2.13. The van der Waals surface area contributed by atoms with Crippen molar-refractivity contribution in [1.82, 2.24) is 10.3 Å². The van der Waals surface area contributed by atoms with E-state index in [1.807, 2.05) is 6.92 Å². The molecule has 1 amide bonds. The Hall–Kier alpha value is -1.09. The van der Waals surface area contributed by atoms with Crippen LogP contribution in [0, 0.1) is 6.92 Å². The number of hydrogen-bond donors (Lipinski definition) is 1. The van der Waals surface area contributed by atoms with Crippen LogP contribution >= 0.6 is 11.6 Å². The highest BCUT2D eigenvalue weighted by molar-refractivity contribution is 6.32. The fraction of sp³-hybridized carbons (Fsp3) is 0.455. The van der Waals surface area contributed by atoms with Crippen LogP contribution in [0.5, 0.6) is 0 Å². The molecule has 4 heteroatoms. The molecule has 3 nitrogen and oxygen atoms in total. The maximum absolute atomic E-state index is 11.6. The van der Waals surface area contributed by atoms with E-state index in [4.69, 9.17) is 11.6 Å². The number of rotatable bonds is 4. The van der Waals surface area contributed by atoms with Crippen LogP contribution in [0.1, 0.15) is 35.8 Å². The summed E-state index contributed by atoms with van der Waals surface area (Å²) in [5, 5.41) is 3.06. The van der Waals surface area contributed by atoms with E-state index < -0.39 is 0 Å². The average molecular weight is 227 g/mol. The van der Waals surface area contributed by atoms with Gasteiger partial charge in [0.15, 0.2) is 0 Å². The van der Waals surface area contributed by atoms with Crippen LogP contribution in [0.4, 0.5) is 0 Å². The lowest BCUT2D eigenvalue weighted by Crippen LogP contribution is -2.24. The Kier molecular flexibility index (Phi) is 4.56. The Balaban J connectivity index is 2.65. The van der Waals surface area contributed by atoms with Gasteiger partial charge >= 0.3 is 0 Å². The smallest absolute Gasteiger partial charge is 0.254 e. The number of carbonyl (C=O) groups is 1. The Labute approximate surface area is 94.9 Å². The zero-order valence-corrected chi connectivity index (χ0v) is 9.77. The largest absolute Gasteiger partial charge is 0.352 e. The first-order valence-corrected chi connectivity index (χ1v) is 5.44. The second-order valence-electron chi connectivity index (χ2n) is 3.40. The number of halogens is 1. The number of aromatic nitrogens is 1. The molecule has 1 aromatic rings. The summed E-state index contributed by atoms with van der Waals surface area (Å²) in [6, 6.07) is 3.48. The summed E-state index contributed by atoms with van der Waals surface area (Å²) in [5.41, 5.74) is 1.25. The van der Waals surface area contributed by atoms with Gasteiger partial charge < -0.3 is 5.32 Å². The van der Waals surface area contributed by atoms with Gasteiger partial charge in [-0.2, -0.15) is 0 Å². The summed E-state index contributed by atoms with van der Waals surface area (Å²) in [6.45, 7) is 4.59. The molecule has 1 heterocycles. The molecule has 0 aliphatic heterocycles. The molecule has 0 atom stereocenters. The molecular formula is C11H15ClN2O. The molecule has 0 saturated heterocycles. The molecular weight excluding hydrogens is 212 g/mol. The molecule has 82 valence electrons. The predicted molar refractivity (Wildman–Crippen MR) is 61.2 cm³/mol. The molecule has 0 fully saturated rings. The number of hydrogen-bond acceptors (Lipinski definition) is 2. The van der Waals surface area contributed by atoms with E-state index in [2.05, 4.69) is 17.2 Å². The van der Waals surface area contributed by atoms with Crippen molar-refractivity contribution in [3.8, 4) is 0 Å². The quantitative estimate of drug-likeness (QED) is 0.633. The Bertz CT molecular complexity index is 352. The first-order valence-electron chi connectivity index (χ1n) is 5.06. The van der Waals surface area contributed by atoms with Crippen molar-refractivity contribution in [3.63, 3.8) is 0 Å². The normalized spacial score (nSPS) is 10.1. The van der Waals surface area contributed by atoms with Crippen LogP contribution in [-0.2, 0) is 0 Å². The zero-order chi connectivity index (χ0) is 11.3. The first kappa shape index (κ1) is 12.0. The second kappa shape index (κ2) is 5.71. The van der Waals surface area contributed by atoms with E-state index in [9.17, 15) is 4.79 Å². The number of carbonyl (C=O) groups excluding carboxylic acids is 1. The molecule has 0 radical (unpaired) electrons. The highest BCUT2D eigenvalue weighted by atomic mass is 35.5. The summed E-state index contributed by atoms with van der Waals surface area (Å²) in [6.07, 6.45) is 2.03. The lowest BCUT2D eigenvalue weighted by molar-refractivity contribution is 0.0953. The van der Waals surface area contributed by atoms with Crippen molar-refractivity contribution in [2.45, 2.75) is 26.7 Å². The molecule has 0 spiro atoms. The third kappa shape index (κ3) is 3.51. The minimum Gasteiger partial charge on any atom is -0.352 e. The average Bonchev–Trinajstić information content (AvgIpc) is 2.17. The molecule has 0 bridgehead atoms. The van der Waals surface area contributed by atoms with Crippen molar-refractivity contribution < 1.29 is 4.79 Å². The third-order valence-corrected chi connectivity index (χ3v) is 2.34. The summed E-state index contributed by atoms with van der Waals surface area (Å²) >= 11 is 5.87. The van der Waals surface area contributed by atoms with Crippen molar-refractivity contribution in [1.29, 1.82) is 0 Å². The van der Waals surface area contributed by atoms with Gasteiger partial charge in [-0.25, -0.2) is 4.98 Å². The molecule has 0 saturated carbocycles. The Morgan fingerprint density at radius 3 is 2.87 bits per heavy atom. The van der Waals surface area contributed by atoms with Crippen LogP contribution in [0.2, 0.25) is 5.15 Å². The predicted octanol–water partition coefficient (Wildman–Crippen LogP) is 2.57. The van der Waals surface area contributed by atoms with Gasteiger partial charge in [0.1, 0.15) is 5.15 Å². The van der Waals surface area contributed by atoms with Crippen molar-refractivity contribution >= 4 is 17.5 Å². The Morgan fingerprint density at radius 2 is 2.27 bits per heavy atom. The SMILES string of the molecule is CCCCNC(=O)c1ccc(C)nc1Cl. The summed E-state index contributed by atoms with van der Waals surface area (Å²) in [5.74, 6) is -0.152. The van der Waals surface area contributed by atoms with E-state index in [0.717, 1.165) is 18.5 Å². The molecule has 1 aromatic heterocycles. The number of aryl methyl sites for hydroxylation is 1. The van der Waals surface area contributed by atoms with Crippen molar-refractivity contribution in [2.24, 2.45) is 0 Å². The van der Waals surface area contributed by atoms with Crippen molar-refractivity contribution in [2.75, 3.05) is 6.54 Å². The third-order valence-electron chi connectivity index (χ3n) is 2.05. The van der Waals surface area contributed by atoms with Gasteiger partial charge in [-0.15, -0.1) is 0 Å². The van der Waals surface area contributed by atoms with Crippen molar-refractivity contribution in [3.05, 3.63) is 28.5 Å². The van der Waals surface area contributed by atoms with Gasteiger partial charge in [0.2, 0.25) is 0 Å². The van der Waals surface area contributed by atoms with Gasteiger partial charge in [-0.1, -0.05) is 24.9 Å². The topological polar surface area (TPSA) is 42.0 Å². The van der Waals surface area contributed by atoms with E-state index in [-0.39, 0.29) is 11.1 Å². The molecule has 1 N–H and O–H groups in total. The van der Waals surface area contributed by atoms with E-state index >= 15 is 0 Å². The monoisotopic (exact) mass is 226 g/mol. The molecule has 1 rings (SSSR count). The molecule has 0 aliphatic rings. The van der Waals surface area contributed by atoms with Crippen LogP contribution in [0.25, 0.3) is 0 Å². The van der Waals surface area contributed by atoms with Crippen LogP contribution in [-0.4, -0.2) is 17.4 Å². The minimum atomic E-state index is -0.152. The minimum absolute atomic E-state index is 0.152. The fourth-order valence-corrected chi connectivity index (χ4v) is 1.45. The number of amides is 1. The lowest BCUT2D eigenvalue weighted by atomic mass is 10.2. The maximum atomic E-state index is 11.6. The van der Waals surface area contributed by atoms with Gasteiger partial charge in [0, 0.05) is 12.2 Å².